The number of likely N-dealkylation sites (tertiary alicyclic amines) is 1. The van der Waals surface area contributed by atoms with Gasteiger partial charge in [-0.15, -0.1) is 0 Å². The smallest absolute Gasteiger partial charge is 0.272 e. The van der Waals surface area contributed by atoms with Gasteiger partial charge in [0.2, 0.25) is 0 Å². The molecule has 0 N–H and O–H groups in total. The Morgan fingerprint density at radius 1 is 1.08 bits per heavy atom. The maximum absolute atomic E-state index is 13.3. The Morgan fingerprint density at radius 3 is 2.56 bits per heavy atom. The number of piperidine rings is 1. The molecule has 7 nitrogen and oxygen atoms in total. The molecule has 0 radical (unpaired) electrons. The van der Waals surface area contributed by atoms with Gasteiger partial charge in [-0.1, -0.05) is 36.4 Å². The van der Waals surface area contributed by atoms with Crippen LogP contribution in [-0.4, -0.2) is 58.6 Å². The molecule has 36 heavy (non-hydrogen) atoms. The second kappa shape index (κ2) is 10.5. The van der Waals surface area contributed by atoms with Crippen LogP contribution < -0.4 is 0 Å². The average Bonchev–Trinajstić information content (AvgIpc) is 3.37. The fraction of sp³-hybridized carbons (Fsp3) is 0.379. The first kappa shape index (κ1) is 24.0. The summed E-state index contributed by atoms with van der Waals surface area (Å²) < 4.78 is 5.58. The van der Waals surface area contributed by atoms with Crippen molar-refractivity contribution in [2.24, 2.45) is 5.92 Å². The van der Waals surface area contributed by atoms with Crippen molar-refractivity contribution in [2.45, 2.75) is 44.6 Å². The van der Waals surface area contributed by atoms with Crippen molar-refractivity contribution in [3.8, 4) is 0 Å². The summed E-state index contributed by atoms with van der Waals surface area (Å²) in [5, 5.41) is 0. The molecule has 0 spiro atoms. The van der Waals surface area contributed by atoms with Crippen LogP contribution in [0.5, 0.6) is 0 Å². The van der Waals surface area contributed by atoms with Crippen LogP contribution in [0.25, 0.3) is 0 Å². The molecular weight excluding hydrogens is 454 g/mol. The number of hydrogen-bond donors (Lipinski definition) is 0. The molecule has 1 fully saturated rings. The molecule has 3 heterocycles. The molecule has 2 aromatic heterocycles. The van der Waals surface area contributed by atoms with Gasteiger partial charge in [0, 0.05) is 45.2 Å². The Morgan fingerprint density at radius 2 is 1.83 bits per heavy atom. The number of nitrogens with zero attached hydrogens (tertiary/aromatic N) is 3. The summed E-state index contributed by atoms with van der Waals surface area (Å²) >= 11 is 0. The Kier molecular flexibility index (Phi) is 6.98. The lowest BCUT2D eigenvalue weighted by atomic mass is 9.84. The molecule has 1 saturated heterocycles. The minimum Gasteiger partial charge on any atom is -0.468 e. The van der Waals surface area contributed by atoms with Crippen LogP contribution in [-0.2, 0) is 12.8 Å². The van der Waals surface area contributed by atoms with E-state index in [0.29, 0.717) is 48.5 Å². The number of fused-ring (bicyclic) bond motifs is 1. The third kappa shape index (κ3) is 4.83. The summed E-state index contributed by atoms with van der Waals surface area (Å²) in [6.07, 6.45) is 7.32. The number of ketones is 1. The first-order chi connectivity index (χ1) is 17.5. The first-order valence-corrected chi connectivity index (χ1v) is 12.7. The maximum atomic E-state index is 13.3. The number of Topliss-reactive ketones (excluding diaryl/α,β-unsaturated/α-hetero) is 1. The molecule has 2 amide bonds. The van der Waals surface area contributed by atoms with Gasteiger partial charge < -0.3 is 14.2 Å². The van der Waals surface area contributed by atoms with E-state index in [1.807, 2.05) is 41.1 Å². The molecule has 1 aliphatic carbocycles. The van der Waals surface area contributed by atoms with Crippen LogP contribution >= 0.6 is 0 Å². The van der Waals surface area contributed by atoms with Crippen LogP contribution in [0.2, 0.25) is 0 Å². The maximum Gasteiger partial charge on any atom is 0.272 e. The summed E-state index contributed by atoms with van der Waals surface area (Å²) in [5.41, 5.74) is 2.48. The molecule has 7 heteroatoms. The van der Waals surface area contributed by atoms with Crippen molar-refractivity contribution in [3.63, 3.8) is 0 Å². The predicted octanol–water partition coefficient (Wildman–Crippen LogP) is 4.43. The highest BCUT2D eigenvalue weighted by molar-refractivity contribution is 6.09. The van der Waals surface area contributed by atoms with Crippen molar-refractivity contribution in [1.29, 1.82) is 0 Å². The quantitative estimate of drug-likeness (QED) is 0.516. The minimum atomic E-state index is -0.133. The fourth-order valence-corrected chi connectivity index (χ4v) is 5.53. The molecule has 0 bridgehead atoms. The minimum absolute atomic E-state index is 0.000759. The molecule has 1 aromatic carbocycles. The zero-order valence-corrected chi connectivity index (χ0v) is 20.6. The van der Waals surface area contributed by atoms with Crippen molar-refractivity contribution in [2.75, 3.05) is 20.1 Å². The van der Waals surface area contributed by atoms with E-state index < -0.39 is 0 Å². The van der Waals surface area contributed by atoms with Gasteiger partial charge in [-0.05, 0) is 49.3 Å². The van der Waals surface area contributed by atoms with Gasteiger partial charge in [-0.3, -0.25) is 19.4 Å². The largest absolute Gasteiger partial charge is 0.468 e. The lowest BCUT2D eigenvalue weighted by molar-refractivity contribution is 0.0518. The second-order valence-corrected chi connectivity index (χ2v) is 9.74. The van der Waals surface area contributed by atoms with Gasteiger partial charge in [-0.25, -0.2) is 0 Å². The molecule has 3 aromatic rings. The van der Waals surface area contributed by atoms with Crippen LogP contribution in [0, 0.1) is 5.92 Å². The van der Waals surface area contributed by atoms with Gasteiger partial charge in [-0.2, -0.15) is 0 Å². The van der Waals surface area contributed by atoms with Crippen molar-refractivity contribution in [1.82, 2.24) is 14.8 Å². The number of rotatable bonds is 6. The van der Waals surface area contributed by atoms with Crippen molar-refractivity contribution in [3.05, 3.63) is 89.1 Å². The molecule has 1 aliphatic heterocycles. The summed E-state index contributed by atoms with van der Waals surface area (Å²) in [4.78, 5) is 46.9. The van der Waals surface area contributed by atoms with Gasteiger partial charge in [0.05, 0.1) is 11.1 Å². The number of aryl methyl sites for hydroxylation is 1. The zero-order chi connectivity index (χ0) is 25.1. The van der Waals surface area contributed by atoms with Gasteiger partial charge in [0.15, 0.2) is 5.78 Å². The fourth-order valence-electron chi connectivity index (χ4n) is 5.53. The number of carbonyl (C=O) groups is 3. The highest BCUT2D eigenvalue weighted by atomic mass is 16.3. The molecule has 0 unspecified atom stereocenters. The van der Waals surface area contributed by atoms with E-state index in [4.69, 9.17) is 4.42 Å². The monoisotopic (exact) mass is 485 g/mol. The van der Waals surface area contributed by atoms with Crippen LogP contribution in [0.1, 0.15) is 68.2 Å². The number of furan rings is 1. The van der Waals surface area contributed by atoms with Crippen LogP contribution in [0.15, 0.2) is 65.4 Å². The number of amides is 2. The van der Waals surface area contributed by atoms with E-state index in [0.717, 1.165) is 25.7 Å². The van der Waals surface area contributed by atoms with E-state index in [-0.39, 0.29) is 29.6 Å². The predicted molar refractivity (Wildman–Crippen MR) is 135 cm³/mol. The van der Waals surface area contributed by atoms with Gasteiger partial charge in [0.1, 0.15) is 17.7 Å². The molecule has 0 saturated carbocycles. The Hall–Kier alpha value is -3.74. The Bertz CT molecular complexity index is 1230. The van der Waals surface area contributed by atoms with Crippen LogP contribution in [0.3, 0.4) is 0 Å². The summed E-state index contributed by atoms with van der Waals surface area (Å²) in [7, 11) is 1.85. The van der Waals surface area contributed by atoms with E-state index >= 15 is 0 Å². The molecule has 2 aliphatic rings. The lowest BCUT2D eigenvalue weighted by Crippen LogP contribution is -2.48. The zero-order valence-electron chi connectivity index (χ0n) is 20.6. The number of carbonyl (C=O) groups excluding carboxylic acids is 3. The van der Waals surface area contributed by atoms with E-state index in [2.05, 4.69) is 17.1 Å². The highest BCUT2D eigenvalue weighted by Crippen LogP contribution is 2.31. The number of pyridine rings is 1. The third-order valence-electron chi connectivity index (χ3n) is 7.54. The van der Waals surface area contributed by atoms with E-state index in [9.17, 15) is 14.4 Å². The van der Waals surface area contributed by atoms with Gasteiger partial charge in [0.25, 0.3) is 11.8 Å². The number of hydrogen-bond acceptors (Lipinski definition) is 5. The molecule has 5 rings (SSSR count). The number of likely N-dealkylation sites (N-methyl/N-ethyl adjacent to an activating group) is 1. The molecule has 1 atom stereocenters. The van der Waals surface area contributed by atoms with E-state index in [1.165, 1.54) is 11.8 Å². The normalized spacial score (nSPS) is 16.9. The number of benzene rings is 1. The molecular formula is C29H31N3O4. The Balaban J connectivity index is 1.31. The van der Waals surface area contributed by atoms with Crippen molar-refractivity contribution < 1.29 is 18.8 Å². The summed E-state index contributed by atoms with van der Waals surface area (Å²) in [6.45, 7) is 1.16. The first-order valence-electron chi connectivity index (χ1n) is 12.7. The second-order valence-electron chi connectivity index (χ2n) is 9.74. The van der Waals surface area contributed by atoms with Crippen LogP contribution in [0.4, 0.5) is 0 Å². The van der Waals surface area contributed by atoms with E-state index in [1.54, 1.807) is 18.3 Å². The Labute approximate surface area is 211 Å². The number of aromatic nitrogens is 1. The average molecular weight is 486 g/mol. The lowest BCUT2D eigenvalue weighted by Gasteiger charge is -2.40. The van der Waals surface area contributed by atoms with Crippen molar-refractivity contribution >= 4 is 17.6 Å². The highest BCUT2D eigenvalue weighted by Gasteiger charge is 2.35. The summed E-state index contributed by atoms with van der Waals surface area (Å²) in [5.74, 6) is 0.638. The topological polar surface area (TPSA) is 83.7 Å². The standard InChI is InChI=1S/C29H31N3O4/c1-31(29(35)23-10-5-6-15-30-23)24(18-20-8-3-2-4-9-20)21-13-16-32(17-14-21)28(34)22-19-36-26-12-7-11-25(33)27(22)26/h2-6,8-10,15,19,21,24H,7,11-14,16-18H2,1H3/t24-/m0/s1. The summed E-state index contributed by atoms with van der Waals surface area (Å²) in [6, 6.07) is 15.5. The van der Waals surface area contributed by atoms with Gasteiger partial charge >= 0.3 is 0 Å². The molecule has 186 valence electrons. The SMILES string of the molecule is CN(C(=O)c1ccccn1)[C@@H](Cc1ccccc1)C1CCN(C(=O)c2coc3c2C(=O)CCC3)CC1. The third-order valence-corrected chi connectivity index (χ3v) is 7.54.